The molecular formula is C17H30N2O2. The van der Waals surface area contributed by atoms with Gasteiger partial charge in [0.15, 0.2) is 0 Å². The lowest BCUT2D eigenvalue weighted by atomic mass is 9.63. The molecule has 120 valence electrons. The highest BCUT2D eigenvalue weighted by atomic mass is 16.2. The number of nitrogens with zero attached hydrogens (tertiary/aromatic N) is 1. The molecular weight excluding hydrogens is 264 g/mol. The van der Waals surface area contributed by atoms with Crippen molar-refractivity contribution in [2.45, 2.75) is 78.8 Å². The molecule has 2 rings (SSSR count). The summed E-state index contributed by atoms with van der Waals surface area (Å²) in [5, 5.41) is 2.85. The number of amides is 2. The zero-order chi connectivity index (χ0) is 16.1. The zero-order valence-electron chi connectivity index (χ0n) is 14.4. The molecule has 2 fully saturated rings. The molecule has 4 heteroatoms. The maximum Gasteiger partial charge on any atom is 0.248 e. The first kappa shape index (κ1) is 16.3. The highest BCUT2D eigenvalue weighted by Crippen LogP contribution is 2.47. The molecule has 0 aromatic heterocycles. The SMILES string of the molecule is CC1(C)CC(N2CCC(=O)NC(C)(C)C2=O)CC(C)(C)C1. The van der Waals surface area contributed by atoms with Gasteiger partial charge in [0.2, 0.25) is 11.8 Å². The molecule has 0 radical (unpaired) electrons. The lowest BCUT2D eigenvalue weighted by Crippen LogP contribution is -2.57. The summed E-state index contributed by atoms with van der Waals surface area (Å²) in [6, 6.07) is 0.239. The molecule has 1 aliphatic heterocycles. The normalized spacial score (nSPS) is 29.0. The second kappa shape index (κ2) is 4.99. The van der Waals surface area contributed by atoms with Gasteiger partial charge in [-0.25, -0.2) is 0 Å². The van der Waals surface area contributed by atoms with Crippen LogP contribution in [0.5, 0.6) is 0 Å². The Morgan fingerprint density at radius 2 is 1.52 bits per heavy atom. The Balaban J connectivity index is 2.27. The summed E-state index contributed by atoms with van der Waals surface area (Å²) in [7, 11) is 0. The van der Waals surface area contributed by atoms with Crippen molar-refractivity contribution >= 4 is 11.8 Å². The van der Waals surface area contributed by atoms with E-state index in [2.05, 4.69) is 33.0 Å². The van der Waals surface area contributed by atoms with Crippen LogP contribution in [0.1, 0.15) is 67.2 Å². The van der Waals surface area contributed by atoms with Gasteiger partial charge in [0, 0.05) is 19.0 Å². The van der Waals surface area contributed by atoms with Gasteiger partial charge in [-0.1, -0.05) is 27.7 Å². The van der Waals surface area contributed by atoms with Crippen LogP contribution in [-0.2, 0) is 9.59 Å². The first-order valence-electron chi connectivity index (χ1n) is 8.04. The van der Waals surface area contributed by atoms with Gasteiger partial charge in [-0.3, -0.25) is 9.59 Å². The summed E-state index contributed by atoms with van der Waals surface area (Å²) in [5.74, 6) is 0.0389. The molecule has 4 nitrogen and oxygen atoms in total. The second-order valence-electron chi connectivity index (χ2n) is 8.99. The summed E-state index contributed by atoms with van der Waals surface area (Å²) in [6.45, 7) is 13.3. The molecule has 1 saturated carbocycles. The lowest BCUT2D eigenvalue weighted by molar-refractivity contribution is -0.141. The first-order valence-corrected chi connectivity index (χ1v) is 8.04. The maximum absolute atomic E-state index is 12.8. The van der Waals surface area contributed by atoms with Crippen molar-refractivity contribution in [1.29, 1.82) is 0 Å². The van der Waals surface area contributed by atoms with Crippen molar-refractivity contribution in [2.24, 2.45) is 10.8 Å². The average Bonchev–Trinajstić information content (AvgIpc) is 2.32. The number of carbonyl (C=O) groups excluding carboxylic acids is 2. The van der Waals surface area contributed by atoms with Crippen LogP contribution in [0.3, 0.4) is 0 Å². The molecule has 1 saturated heterocycles. The van der Waals surface area contributed by atoms with Crippen molar-refractivity contribution in [3.63, 3.8) is 0 Å². The molecule has 1 N–H and O–H groups in total. The Bertz CT molecular complexity index is 436. The van der Waals surface area contributed by atoms with Gasteiger partial charge >= 0.3 is 0 Å². The Hall–Kier alpha value is -1.06. The third kappa shape index (κ3) is 3.58. The van der Waals surface area contributed by atoms with E-state index in [1.807, 2.05) is 18.7 Å². The minimum Gasteiger partial charge on any atom is -0.342 e. The van der Waals surface area contributed by atoms with Crippen LogP contribution >= 0.6 is 0 Å². The van der Waals surface area contributed by atoms with E-state index in [0.29, 0.717) is 13.0 Å². The van der Waals surface area contributed by atoms with Crippen LogP contribution in [0.25, 0.3) is 0 Å². The third-order valence-electron chi connectivity index (χ3n) is 4.80. The predicted molar refractivity (Wildman–Crippen MR) is 83.8 cm³/mol. The maximum atomic E-state index is 12.8. The summed E-state index contributed by atoms with van der Waals surface area (Å²) < 4.78 is 0. The largest absolute Gasteiger partial charge is 0.342 e. The van der Waals surface area contributed by atoms with Gasteiger partial charge in [-0.15, -0.1) is 0 Å². The average molecular weight is 294 g/mol. The van der Waals surface area contributed by atoms with Crippen LogP contribution in [0.2, 0.25) is 0 Å². The quantitative estimate of drug-likeness (QED) is 0.808. The van der Waals surface area contributed by atoms with Gasteiger partial charge < -0.3 is 10.2 Å². The Kier molecular flexibility index (Phi) is 3.88. The fourth-order valence-corrected chi connectivity index (χ4v) is 4.50. The van der Waals surface area contributed by atoms with Gasteiger partial charge in [0.25, 0.3) is 0 Å². The molecule has 2 amide bonds. The summed E-state index contributed by atoms with van der Waals surface area (Å²) in [4.78, 5) is 26.7. The smallest absolute Gasteiger partial charge is 0.248 e. The van der Waals surface area contributed by atoms with Gasteiger partial charge in [-0.05, 0) is 43.9 Å². The molecule has 1 aliphatic carbocycles. The van der Waals surface area contributed by atoms with Gasteiger partial charge in [0.05, 0.1) is 0 Å². The highest BCUT2D eigenvalue weighted by Gasteiger charge is 2.45. The minimum atomic E-state index is -0.792. The van der Waals surface area contributed by atoms with E-state index < -0.39 is 5.54 Å². The van der Waals surface area contributed by atoms with E-state index >= 15 is 0 Å². The zero-order valence-corrected chi connectivity index (χ0v) is 14.4. The third-order valence-corrected chi connectivity index (χ3v) is 4.80. The molecule has 21 heavy (non-hydrogen) atoms. The molecule has 0 atom stereocenters. The van der Waals surface area contributed by atoms with Crippen molar-refractivity contribution in [2.75, 3.05) is 6.54 Å². The van der Waals surface area contributed by atoms with Crippen LogP contribution in [0, 0.1) is 10.8 Å². The van der Waals surface area contributed by atoms with Crippen LogP contribution in [-0.4, -0.2) is 34.8 Å². The molecule has 0 aromatic carbocycles. The van der Waals surface area contributed by atoms with E-state index in [1.54, 1.807) is 0 Å². The number of hydrogen-bond donors (Lipinski definition) is 1. The lowest BCUT2D eigenvalue weighted by Gasteiger charge is -2.49. The van der Waals surface area contributed by atoms with E-state index in [1.165, 1.54) is 6.42 Å². The van der Waals surface area contributed by atoms with E-state index in [9.17, 15) is 9.59 Å². The minimum absolute atomic E-state index is 0.0230. The fraction of sp³-hybridized carbons (Fsp3) is 0.882. The summed E-state index contributed by atoms with van der Waals surface area (Å²) in [6.07, 6.45) is 3.63. The number of rotatable bonds is 1. The molecule has 0 aromatic rings. The molecule has 0 unspecified atom stereocenters. The van der Waals surface area contributed by atoms with E-state index in [4.69, 9.17) is 0 Å². The Morgan fingerprint density at radius 1 is 1.00 bits per heavy atom. The Labute approximate surface area is 128 Å². The fourth-order valence-electron chi connectivity index (χ4n) is 4.50. The van der Waals surface area contributed by atoms with Crippen LogP contribution < -0.4 is 5.32 Å². The summed E-state index contributed by atoms with van der Waals surface area (Å²) in [5.41, 5.74) is -0.319. The van der Waals surface area contributed by atoms with Crippen LogP contribution in [0.4, 0.5) is 0 Å². The standard InChI is InChI=1S/C17H30N2O2/c1-15(2)9-12(10-16(3,4)11-15)19-8-7-13(20)18-17(5,6)14(19)21/h12H,7-11H2,1-6H3,(H,18,20). The molecule has 0 bridgehead atoms. The monoisotopic (exact) mass is 294 g/mol. The number of hydrogen-bond acceptors (Lipinski definition) is 2. The Morgan fingerprint density at radius 3 is 2.05 bits per heavy atom. The van der Waals surface area contributed by atoms with E-state index in [-0.39, 0.29) is 28.7 Å². The molecule has 2 aliphatic rings. The van der Waals surface area contributed by atoms with Gasteiger partial charge in [-0.2, -0.15) is 0 Å². The number of carbonyl (C=O) groups is 2. The summed E-state index contributed by atoms with van der Waals surface area (Å²) >= 11 is 0. The van der Waals surface area contributed by atoms with Crippen LogP contribution in [0.15, 0.2) is 0 Å². The number of nitrogens with one attached hydrogen (secondary N) is 1. The molecule has 0 spiro atoms. The van der Waals surface area contributed by atoms with Crippen molar-refractivity contribution in [1.82, 2.24) is 10.2 Å². The predicted octanol–water partition coefficient (Wildman–Crippen LogP) is 2.72. The van der Waals surface area contributed by atoms with E-state index in [0.717, 1.165) is 12.8 Å². The second-order valence-corrected chi connectivity index (χ2v) is 8.99. The topological polar surface area (TPSA) is 49.4 Å². The van der Waals surface area contributed by atoms with Crippen molar-refractivity contribution in [3.05, 3.63) is 0 Å². The molecule has 1 heterocycles. The highest BCUT2D eigenvalue weighted by molar-refractivity contribution is 5.93. The van der Waals surface area contributed by atoms with Crippen molar-refractivity contribution in [3.8, 4) is 0 Å². The van der Waals surface area contributed by atoms with Crippen molar-refractivity contribution < 1.29 is 9.59 Å². The van der Waals surface area contributed by atoms with Gasteiger partial charge in [0.1, 0.15) is 5.54 Å². The first-order chi connectivity index (χ1) is 9.42.